The first-order chi connectivity index (χ1) is 16.6. The van der Waals surface area contributed by atoms with Gasteiger partial charge in [0, 0.05) is 29.4 Å². The summed E-state index contributed by atoms with van der Waals surface area (Å²) in [6, 6.07) is 11.0. The molecule has 1 saturated carbocycles. The van der Waals surface area contributed by atoms with Gasteiger partial charge in [-0.15, -0.1) is 0 Å². The molecule has 3 fully saturated rings. The van der Waals surface area contributed by atoms with Gasteiger partial charge in [-0.1, -0.05) is 29.8 Å². The number of rotatable bonds is 5. The highest BCUT2D eigenvalue weighted by Gasteiger charge is 2.44. The summed E-state index contributed by atoms with van der Waals surface area (Å²) in [4.78, 5) is 14.3. The summed E-state index contributed by atoms with van der Waals surface area (Å²) in [6.45, 7) is 2.22. The standard InChI is InChI=1S/C27H32ClF3N2O2/c1-15(33-20-6-7-21(33)14-18(13-20)26(32)34)16-2-10-23-17(12-16)3-11-24(25(23)28)35-22-8-4-19(5-9-22)27(29,30)31/h2-3,10-12,15,18-22H,4-9,13-14H2,1H3,(H2,32,34). The van der Waals surface area contributed by atoms with Gasteiger partial charge >= 0.3 is 6.18 Å². The van der Waals surface area contributed by atoms with Crippen molar-refractivity contribution < 1.29 is 22.7 Å². The molecule has 1 amide bonds. The van der Waals surface area contributed by atoms with Crippen molar-refractivity contribution in [2.75, 3.05) is 0 Å². The first-order valence-corrected chi connectivity index (χ1v) is 13.0. The lowest BCUT2D eigenvalue weighted by Gasteiger charge is -2.42. The fourth-order valence-corrected chi connectivity index (χ4v) is 6.86. The van der Waals surface area contributed by atoms with Gasteiger partial charge < -0.3 is 10.5 Å². The van der Waals surface area contributed by atoms with Gasteiger partial charge in [-0.05, 0) is 81.4 Å². The molecule has 8 heteroatoms. The maximum atomic E-state index is 13.0. The second-order valence-electron chi connectivity index (χ2n) is 10.6. The number of benzene rings is 2. The van der Waals surface area contributed by atoms with Crippen molar-refractivity contribution in [1.82, 2.24) is 4.90 Å². The third kappa shape index (κ3) is 4.86. The number of hydrogen-bond acceptors (Lipinski definition) is 3. The number of carbonyl (C=O) groups excluding carboxylic acids is 1. The number of halogens is 4. The van der Waals surface area contributed by atoms with Gasteiger partial charge in [-0.2, -0.15) is 13.2 Å². The van der Waals surface area contributed by atoms with Gasteiger partial charge in [0.25, 0.3) is 0 Å². The Hall–Kier alpha value is -1.99. The van der Waals surface area contributed by atoms with Crippen LogP contribution in [0.1, 0.15) is 69.9 Å². The second-order valence-corrected chi connectivity index (χ2v) is 10.9. The Morgan fingerprint density at radius 2 is 1.71 bits per heavy atom. The summed E-state index contributed by atoms with van der Waals surface area (Å²) in [5.74, 6) is -0.900. The van der Waals surface area contributed by atoms with E-state index in [9.17, 15) is 18.0 Å². The van der Waals surface area contributed by atoms with Crippen LogP contribution in [0, 0.1) is 11.8 Å². The molecule has 3 unspecified atom stereocenters. The Morgan fingerprint density at radius 1 is 1.06 bits per heavy atom. The van der Waals surface area contributed by atoms with Crippen molar-refractivity contribution >= 4 is 28.3 Å². The smallest absolute Gasteiger partial charge is 0.391 e. The maximum absolute atomic E-state index is 13.0. The molecule has 3 aliphatic rings. The van der Waals surface area contributed by atoms with Crippen molar-refractivity contribution in [3.05, 3.63) is 40.9 Å². The lowest BCUT2D eigenvalue weighted by Crippen LogP contribution is -2.46. The normalized spacial score (nSPS) is 30.4. The Morgan fingerprint density at radius 3 is 2.31 bits per heavy atom. The third-order valence-electron chi connectivity index (χ3n) is 8.50. The minimum absolute atomic E-state index is 0.0201. The molecule has 2 heterocycles. The number of fused-ring (bicyclic) bond motifs is 3. The van der Waals surface area contributed by atoms with E-state index in [0.717, 1.165) is 36.5 Å². The van der Waals surface area contributed by atoms with Crippen LogP contribution in [0.25, 0.3) is 10.8 Å². The van der Waals surface area contributed by atoms with E-state index in [-0.39, 0.29) is 36.8 Å². The van der Waals surface area contributed by atoms with E-state index >= 15 is 0 Å². The third-order valence-corrected chi connectivity index (χ3v) is 8.88. The van der Waals surface area contributed by atoms with Crippen LogP contribution in [0.15, 0.2) is 30.3 Å². The summed E-state index contributed by atoms with van der Waals surface area (Å²) in [7, 11) is 0. The maximum Gasteiger partial charge on any atom is 0.391 e. The average molecular weight is 509 g/mol. The predicted octanol–water partition coefficient (Wildman–Crippen LogP) is 6.78. The lowest BCUT2D eigenvalue weighted by molar-refractivity contribution is -0.185. The van der Waals surface area contributed by atoms with Gasteiger partial charge in [-0.3, -0.25) is 9.69 Å². The van der Waals surface area contributed by atoms with E-state index in [0.29, 0.717) is 35.7 Å². The summed E-state index contributed by atoms with van der Waals surface area (Å²) >= 11 is 6.69. The molecular formula is C27H32ClF3N2O2. The number of alkyl halides is 3. The van der Waals surface area contributed by atoms with Crippen LogP contribution >= 0.6 is 11.6 Å². The van der Waals surface area contributed by atoms with Crippen molar-refractivity contribution in [1.29, 1.82) is 0 Å². The minimum Gasteiger partial charge on any atom is -0.489 e. The zero-order valence-electron chi connectivity index (χ0n) is 19.9. The number of amides is 1. The molecule has 1 aliphatic carbocycles. The molecule has 2 aromatic rings. The van der Waals surface area contributed by atoms with Crippen molar-refractivity contribution in [3.8, 4) is 5.75 Å². The number of hydrogen-bond donors (Lipinski definition) is 1. The summed E-state index contributed by atoms with van der Waals surface area (Å²) in [5, 5.41) is 2.38. The number of nitrogens with two attached hydrogens (primary N) is 1. The van der Waals surface area contributed by atoms with Gasteiger partial charge in [0.05, 0.1) is 17.0 Å². The van der Waals surface area contributed by atoms with E-state index in [1.807, 2.05) is 18.2 Å². The van der Waals surface area contributed by atoms with E-state index < -0.39 is 12.1 Å². The Balaban J connectivity index is 1.29. The average Bonchev–Trinajstić information content (AvgIpc) is 3.08. The molecule has 2 N–H and O–H groups in total. The molecule has 0 aromatic heterocycles. The highest BCUT2D eigenvalue weighted by Crippen LogP contribution is 2.45. The van der Waals surface area contributed by atoms with Gasteiger partial charge in [0.2, 0.25) is 5.91 Å². The SMILES string of the molecule is CC(c1ccc2c(Cl)c(OC3CCC(C(F)(F)F)CC3)ccc2c1)N1C2CCC1CC(C(N)=O)C2. The lowest BCUT2D eigenvalue weighted by atomic mass is 9.87. The molecule has 3 atom stereocenters. The van der Waals surface area contributed by atoms with E-state index in [1.165, 1.54) is 5.56 Å². The molecule has 2 saturated heterocycles. The van der Waals surface area contributed by atoms with Gasteiger partial charge in [0.1, 0.15) is 5.75 Å². The minimum atomic E-state index is -4.13. The Kier molecular flexibility index (Phi) is 6.68. The van der Waals surface area contributed by atoms with Crippen LogP contribution in [-0.2, 0) is 4.79 Å². The number of primary amides is 1. The van der Waals surface area contributed by atoms with Gasteiger partial charge in [-0.25, -0.2) is 0 Å². The zero-order valence-corrected chi connectivity index (χ0v) is 20.6. The van der Waals surface area contributed by atoms with Crippen molar-refractivity contribution in [2.45, 2.75) is 88.7 Å². The van der Waals surface area contributed by atoms with E-state index in [1.54, 1.807) is 0 Å². The highest BCUT2D eigenvalue weighted by atomic mass is 35.5. The monoisotopic (exact) mass is 508 g/mol. The van der Waals surface area contributed by atoms with E-state index in [2.05, 4.69) is 24.0 Å². The largest absolute Gasteiger partial charge is 0.489 e. The Bertz CT molecular complexity index is 1090. The molecular weight excluding hydrogens is 477 g/mol. The molecule has 0 radical (unpaired) electrons. The van der Waals surface area contributed by atoms with Crippen LogP contribution in [0.4, 0.5) is 13.2 Å². The Labute approximate surface area is 208 Å². The zero-order chi connectivity index (χ0) is 24.9. The topological polar surface area (TPSA) is 55.6 Å². The van der Waals surface area contributed by atoms with Crippen LogP contribution in [0.2, 0.25) is 5.02 Å². The first kappa shape index (κ1) is 24.7. The summed E-state index contributed by atoms with van der Waals surface area (Å²) < 4.78 is 44.9. The molecule has 2 bridgehead atoms. The second kappa shape index (κ2) is 9.47. The fraction of sp³-hybridized carbons (Fsp3) is 0.593. The summed E-state index contributed by atoms with van der Waals surface area (Å²) in [6.07, 6.45) is 0.446. The van der Waals surface area contributed by atoms with Crippen LogP contribution in [-0.4, -0.2) is 35.2 Å². The molecule has 2 aromatic carbocycles. The molecule has 35 heavy (non-hydrogen) atoms. The highest BCUT2D eigenvalue weighted by molar-refractivity contribution is 6.37. The van der Waals surface area contributed by atoms with Crippen LogP contribution < -0.4 is 10.5 Å². The molecule has 0 spiro atoms. The summed E-state index contributed by atoms with van der Waals surface area (Å²) in [5.41, 5.74) is 6.79. The number of ether oxygens (including phenoxy) is 1. The molecule has 4 nitrogen and oxygen atoms in total. The fourth-order valence-electron chi connectivity index (χ4n) is 6.58. The van der Waals surface area contributed by atoms with Crippen LogP contribution in [0.5, 0.6) is 5.75 Å². The molecule has 190 valence electrons. The predicted molar refractivity (Wildman–Crippen MR) is 130 cm³/mol. The van der Waals surface area contributed by atoms with E-state index in [4.69, 9.17) is 22.1 Å². The first-order valence-electron chi connectivity index (χ1n) is 12.6. The van der Waals surface area contributed by atoms with Gasteiger partial charge in [0.15, 0.2) is 0 Å². The van der Waals surface area contributed by atoms with Crippen molar-refractivity contribution in [3.63, 3.8) is 0 Å². The molecule has 5 rings (SSSR count). The molecule has 2 aliphatic heterocycles. The number of piperidine rings is 1. The van der Waals surface area contributed by atoms with Crippen molar-refractivity contribution in [2.24, 2.45) is 17.6 Å². The number of nitrogens with zero attached hydrogens (tertiary/aromatic N) is 1. The number of carbonyl (C=O) groups is 1. The quantitative estimate of drug-likeness (QED) is 0.484. The van der Waals surface area contributed by atoms with Crippen LogP contribution in [0.3, 0.4) is 0 Å².